The van der Waals surface area contributed by atoms with Crippen molar-refractivity contribution in [3.05, 3.63) is 53.6 Å². The molecule has 0 radical (unpaired) electrons. The first-order valence-corrected chi connectivity index (χ1v) is 5.85. The Morgan fingerprint density at radius 1 is 1.16 bits per heavy atom. The molecule has 2 aromatic rings. The number of benzene rings is 1. The van der Waals surface area contributed by atoms with E-state index >= 15 is 0 Å². The van der Waals surface area contributed by atoms with E-state index < -0.39 is 0 Å². The molecule has 0 spiro atoms. The molecule has 2 amide bonds. The zero-order chi connectivity index (χ0) is 13.4. The molecule has 0 aliphatic carbocycles. The van der Waals surface area contributed by atoms with Gasteiger partial charge in [-0.15, -0.1) is 0 Å². The van der Waals surface area contributed by atoms with Crippen LogP contribution in [0.4, 0.5) is 0 Å². The SMILES string of the molecule is Cn1cncc1CNN1C(=O)c2ccccc2C1=O. The maximum atomic E-state index is 12.1. The Hall–Kier alpha value is -2.47. The van der Waals surface area contributed by atoms with E-state index in [1.54, 1.807) is 36.8 Å². The number of carbonyl (C=O) groups excluding carboxylic acids is 2. The molecular weight excluding hydrogens is 244 g/mol. The zero-order valence-corrected chi connectivity index (χ0v) is 10.3. The van der Waals surface area contributed by atoms with Crippen LogP contribution in [-0.4, -0.2) is 26.4 Å². The van der Waals surface area contributed by atoms with E-state index in [-0.39, 0.29) is 11.8 Å². The molecule has 0 unspecified atom stereocenters. The second-order valence-electron chi connectivity index (χ2n) is 4.32. The summed E-state index contributed by atoms with van der Waals surface area (Å²) in [6, 6.07) is 6.80. The highest BCUT2D eigenvalue weighted by atomic mass is 16.2. The number of hydrogen-bond acceptors (Lipinski definition) is 4. The highest BCUT2D eigenvalue weighted by molar-refractivity contribution is 6.20. The Balaban J connectivity index is 1.79. The summed E-state index contributed by atoms with van der Waals surface area (Å²) in [6.07, 6.45) is 3.35. The molecule has 0 saturated heterocycles. The molecule has 96 valence electrons. The molecule has 3 rings (SSSR count). The van der Waals surface area contributed by atoms with Gasteiger partial charge in [-0.25, -0.2) is 15.4 Å². The van der Waals surface area contributed by atoms with Crippen molar-refractivity contribution in [2.24, 2.45) is 7.05 Å². The lowest BCUT2D eigenvalue weighted by Gasteiger charge is -2.15. The molecule has 0 bridgehead atoms. The lowest BCUT2D eigenvalue weighted by atomic mass is 10.1. The van der Waals surface area contributed by atoms with Gasteiger partial charge < -0.3 is 4.57 Å². The van der Waals surface area contributed by atoms with Crippen LogP contribution in [0.3, 0.4) is 0 Å². The second kappa shape index (κ2) is 4.33. The van der Waals surface area contributed by atoms with Crippen LogP contribution in [0.1, 0.15) is 26.4 Å². The van der Waals surface area contributed by atoms with Gasteiger partial charge in [-0.3, -0.25) is 9.59 Å². The molecule has 0 fully saturated rings. The molecule has 1 aromatic heterocycles. The van der Waals surface area contributed by atoms with Crippen molar-refractivity contribution in [3.8, 4) is 0 Å². The minimum atomic E-state index is -0.317. The Kier molecular flexibility index (Phi) is 2.64. The molecule has 2 heterocycles. The fourth-order valence-electron chi connectivity index (χ4n) is 2.05. The van der Waals surface area contributed by atoms with E-state index in [9.17, 15) is 9.59 Å². The summed E-state index contributed by atoms with van der Waals surface area (Å²) in [5.41, 5.74) is 4.60. The third kappa shape index (κ3) is 1.82. The number of fused-ring (bicyclic) bond motifs is 1. The number of imidazole rings is 1. The Morgan fingerprint density at radius 3 is 2.32 bits per heavy atom. The van der Waals surface area contributed by atoms with Gasteiger partial charge in [0.1, 0.15) is 0 Å². The zero-order valence-electron chi connectivity index (χ0n) is 10.3. The first kappa shape index (κ1) is 11.6. The first-order chi connectivity index (χ1) is 9.18. The van der Waals surface area contributed by atoms with Crippen LogP contribution in [0.25, 0.3) is 0 Å². The van der Waals surface area contributed by atoms with E-state index in [0.717, 1.165) is 10.7 Å². The number of hydrogen-bond donors (Lipinski definition) is 1. The monoisotopic (exact) mass is 256 g/mol. The predicted octanol–water partition coefficient (Wildman–Crippen LogP) is 0.721. The van der Waals surface area contributed by atoms with E-state index in [4.69, 9.17) is 0 Å². The highest BCUT2D eigenvalue weighted by Crippen LogP contribution is 2.20. The van der Waals surface area contributed by atoms with Crippen LogP contribution in [0, 0.1) is 0 Å². The number of aromatic nitrogens is 2. The normalized spacial score (nSPS) is 14.1. The summed E-state index contributed by atoms with van der Waals surface area (Å²) >= 11 is 0. The van der Waals surface area contributed by atoms with E-state index in [1.165, 1.54) is 0 Å². The highest BCUT2D eigenvalue weighted by Gasteiger charge is 2.35. The maximum Gasteiger partial charge on any atom is 0.276 e. The van der Waals surface area contributed by atoms with Crippen LogP contribution in [0.2, 0.25) is 0 Å². The minimum absolute atomic E-state index is 0.317. The standard InChI is InChI=1S/C13H12N4O2/c1-16-8-14-6-9(16)7-15-17-12(18)10-4-2-3-5-11(10)13(17)19/h2-6,8,15H,7H2,1H3. The quantitative estimate of drug-likeness (QED) is 0.822. The van der Waals surface area contributed by atoms with Crippen molar-refractivity contribution in [2.75, 3.05) is 0 Å². The maximum absolute atomic E-state index is 12.1. The van der Waals surface area contributed by atoms with Gasteiger partial charge in [0.2, 0.25) is 0 Å². The number of aryl methyl sites for hydroxylation is 1. The van der Waals surface area contributed by atoms with Crippen molar-refractivity contribution in [2.45, 2.75) is 6.54 Å². The van der Waals surface area contributed by atoms with Gasteiger partial charge >= 0.3 is 0 Å². The molecule has 1 aliphatic rings. The molecule has 1 aromatic carbocycles. The number of amides is 2. The predicted molar refractivity (Wildman–Crippen MR) is 67.0 cm³/mol. The summed E-state index contributed by atoms with van der Waals surface area (Å²) in [5.74, 6) is -0.634. The molecule has 6 heteroatoms. The van der Waals surface area contributed by atoms with E-state index in [0.29, 0.717) is 17.7 Å². The number of nitrogens with one attached hydrogen (secondary N) is 1. The van der Waals surface area contributed by atoms with Gasteiger partial charge in [0, 0.05) is 13.2 Å². The van der Waals surface area contributed by atoms with Crippen LogP contribution in [0.15, 0.2) is 36.8 Å². The lowest BCUT2D eigenvalue weighted by molar-refractivity contribution is 0.0561. The van der Waals surface area contributed by atoms with Crippen LogP contribution in [-0.2, 0) is 13.6 Å². The molecule has 0 saturated carbocycles. The topological polar surface area (TPSA) is 67.2 Å². The smallest absolute Gasteiger partial charge is 0.276 e. The average molecular weight is 256 g/mol. The van der Waals surface area contributed by atoms with Crippen LogP contribution >= 0.6 is 0 Å². The largest absolute Gasteiger partial charge is 0.337 e. The third-order valence-electron chi connectivity index (χ3n) is 3.13. The van der Waals surface area contributed by atoms with Crippen molar-refractivity contribution >= 4 is 11.8 Å². The van der Waals surface area contributed by atoms with Crippen molar-refractivity contribution in [1.82, 2.24) is 20.0 Å². The van der Waals surface area contributed by atoms with Crippen LogP contribution < -0.4 is 5.43 Å². The molecule has 0 atom stereocenters. The van der Waals surface area contributed by atoms with Gasteiger partial charge in [0.15, 0.2) is 0 Å². The Bertz CT molecular complexity index is 627. The van der Waals surface area contributed by atoms with E-state index in [1.807, 2.05) is 11.6 Å². The van der Waals surface area contributed by atoms with Gasteiger partial charge in [0.25, 0.3) is 11.8 Å². The fraction of sp³-hybridized carbons (Fsp3) is 0.154. The fourth-order valence-corrected chi connectivity index (χ4v) is 2.05. The number of rotatable bonds is 3. The van der Waals surface area contributed by atoms with Crippen molar-refractivity contribution in [3.63, 3.8) is 0 Å². The molecule has 6 nitrogen and oxygen atoms in total. The summed E-state index contributed by atoms with van der Waals surface area (Å²) in [4.78, 5) is 28.1. The minimum Gasteiger partial charge on any atom is -0.337 e. The number of hydrazine groups is 1. The summed E-state index contributed by atoms with van der Waals surface area (Å²) in [5, 5.41) is 1.05. The van der Waals surface area contributed by atoms with Gasteiger partial charge in [-0.2, -0.15) is 0 Å². The molecule has 1 aliphatic heterocycles. The summed E-state index contributed by atoms with van der Waals surface area (Å²) < 4.78 is 1.82. The average Bonchev–Trinajstić information content (AvgIpc) is 2.93. The second-order valence-corrected chi connectivity index (χ2v) is 4.32. The van der Waals surface area contributed by atoms with Gasteiger partial charge in [0.05, 0.1) is 29.7 Å². The molecular formula is C13H12N4O2. The van der Waals surface area contributed by atoms with Crippen LogP contribution in [0.5, 0.6) is 0 Å². The van der Waals surface area contributed by atoms with Crippen molar-refractivity contribution in [1.29, 1.82) is 0 Å². The third-order valence-corrected chi connectivity index (χ3v) is 3.13. The summed E-state index contributed by atoms with van der Waals surface area (Å²) in [7, 11) is 1.85. The van der Waals surface area contributed by atoms with Gasteiger partial charge in [-0.1, -0.05) is 12.1 Å². The number of imide groups is 1. The first-order valence-electron chi connectivity index (χ1n) is 5.85. The van der Waals surface area contributed by atoms with E-state index in [2.05, 4.69) is 10.4 Å². The molecule has 19 heavy (non-hydrogen) atoms. The lowest BCUT2D eigenvalue weighted by Crippen LogP contribution is -2.42. The number of carbonyl (C=O) groups is 2. The Labute approximate surface area is 109 Å². The van der Waals surface area contributed by atoms with Crippen molar-refractivity contribution < 1.29 is 9.59 Å². The summed E-state index contributed by atoms with van der Waals surface area (Å²) in [6.45, 7) is 0.363. The van der Waals surface area contributed by atoms with Gasteiger partial charge in [-0.05, 0) is 12.1 Å². The number of nitrogens with zero attached hydrogens (tertiary/aromatic N) is 3. The Morgan fingerprint density at radius 2 is 1.79 bits per heavy atom. The molecule has 1 N–H and O–H groups in total.